The number of hydrogen-bond acceptors (Lipinski definition) is 3. The van der Waals surface area contributed by atoms with Gasteiger partial charge in [0.05, 0.1) is 11.1 Å². The number of benzene rings is 2. The van der Waals surface area contributed by atoms with Gasteiger partial charge in [-0.15, -0.1) is 0 Å². The molecule has 0 aliphatic heterocycles. The number of aromatic amines is 1. The van der Waals surface area contributed by atoms with E-state index in [4.69, 9.17) is 0 Å². The molecule has 0 saturated carbocycles. The molecule has 32 heavy (non-hydrogen) atoms. The van der Waals surface area contributed by atoms with E-state index in [0.717, 1.165) is 17.7 Å². The number of pyridine rings is 1. The van der Waals surface area contributed by atoms with Gasteiger partial charge >= 0.3 is 6.18 Å². The molecule has 2 aromatic carbocycles. The van der Waals surface area contributed by atoms with Crippen molar-refractivity contribution in [3.63, 3.8) is 0 Å². The Morgan fingerprint density at radius 2 is 1.78 bits per heavy atom. The van der Waals surface area contributed by atoms with E-state index in [-0.39, 0.29) is 11.5 Å². The molecule has 4 rings (SSSR count). The van der Waals surface area contributed by atoms with Gasteiger partial charge in [0.25, 0.3) is 11.8 Å². The van der Waals surface area contributed by atoms with Crippen LogP contribution in [0.25, 0.3) is 11.0 Å². The van der Waals surface area contributed by atoms with Gasteiger partial charge < -0.3 is 15.6 Å². The summed E-state index contributed by atoms with van der Waals surface area (Å²) in [6, 6.07) is 12.4. The lowest BCUT2D eigenvalue weighted by molar-refractivity contribution is -0.137. The highest BCUT2D eigenvalue weighted by Crippen LogP contribution is 2.30. The first-order valence-electron chi connectivity index (χ1n) is 9.55. The number of alkyl halides is 3. The molecule has 0 atom stereocenters. The molecule has 2 amide bonds. The average Bonchev–Trinajstić information content (AvgIpc) is 3.24. The van der Waals surface area contributed by atoms with E-state index in [1.807, 2.05) is 0 Å². The van der Waals surface area contributed by atoms with Crippen LogP contribution in [-0.4, -0.2) is 21.8 Å². The molecule has 2 heterocycles. The highest BCUT2D eigenvalue weighted by atomic mass is 19.4. The van der Waals surface area contributed by atoms with E-state index in [1.54, 1.807) is 43.5 Å². The van der Waals surface area contributed by atoms with Crippen molar-refractivity contribution in [2.45, 2.75) is 13.1 Å². The van der Waals surface area contributed by atoms with Gasteiger partial charge in [-0.2, -0.15) is 13.2 Å². The number of aromatic nitrogens is 2. The Balaban J connectivity index is 1.55. The van der Waals surface area contributed by atoms with Crippen LogP contribution < -0.4 is 10.6 Å². The second-order valence-corrected chi connectivity index (χ2v) is 7.11. The minimum atomic E-state index is -4.55. The minimum absolute atomic E-state index is 0.127. The number of aryl methyl sites for hydroxylation is 1. The third kappa shape index (κ3) is 4.31. The van der Waals surface area contributed by atoms with Gasteiger partial charge in [-0.25, -0.2) is 4.98 Å². The van der Waals surface area contributed by atoms with E-state index in [1.165, 1.54) is 18.3 Å². The standard InChI is InChI=1S/C23H17F3N4O2/c1-13-5-6-16(29-21(31)14-3-2-4-15(11-14)23(24,25)26)12-19(13)30-22(32)18-8-10-28-20-17(18)7-9-27-20/h2-12H,1H3,(H,27,28)(H,29,31)(H,30,32). The van der Waals surface area contributed by atoms with E-state index in [9.17, 15) is 22.8 Å². The van der Waals surface area contributed by atoms with Crippen molar-refractivity contribution in [1.29, 1.82) is 0 Å². The summed E-state index contributed by atoms with van der Waals surface area (Å²) in [5.41, 5.74) is 1.50. The summed E-state index contributed by atoms with van der Waals surface area (Å²) in [6.07, 6.45) is -1.34. The third-order valence-corrected chi connectivity index (χ3v) is 4.90. The Hall–Kier alpha value is -4.14. The zero-order chi connectivity index (χ0) is 22.9. The van der Waals surface area contributed by atoms with Crippen molar-refractivity contribution in [1.82, 2.24) is 9.97 Å². The van der Waals surface area contributed by atoms with Crippen LogP contribution in [0.2, 0.25) is 0 Å². The van der Waals surface area contributed by atoms with Gasteiger partial charge in [0.2, 0.25) is 0 Å². The van der Waals surface area contributed by atoms with Gasteiger partial charge in [-0.05, 0) is 55.0 Å². The van der Waals surface area contributed by atoms with Crippen LogP contribution in [0.15, 0.2) is 67.0 Å². The van der Waals surface area contributed by atoms with Gasteiger partial charge in [0.15, 0.2) is 0 Å². The number of rotatable bonds is 4. The lowest BCUT2D eigenvalue weighted by Crippen LogP contribution is -2.16. The fraction of sp³-hybridized carbons (Fsp3) is 0.0870. The van der Waals surface area contributed by atoms with Gasteiger partial charge in [-0.1, -0.05) is 12.1 Å². The summed E-state index contributed by atoms with van der Waals surface area (Å²) in [7, 11) is 0. The van der Waals surface area contributed by atoms with Gasteiger partial charge in [0.1, 0.15) is 5.65 Å². The zero-order valence-corrected chi connectivity index (χ0v) is 16.7. The number of fused-ring (bicyclic) bond motifs is 1. The van der Waals surface area contributed by atoms with Crippen LogP contribution in [0.3, 0.4) is 0 Å². The Labute approximate surface area is 180 Å². The second kappa shape index (κ2) is 8.18. The molecule has 0 saturated heterocycles. The van der Waals surface area contributed by atoms with Crippen molar-refractivity contribution in [2.24, 2.45) is 0 Å². The van der Waals surface area contributed by atoms with Crippen molar-refractivity contribution in [3.05, 3.63) is 89.2 Å². The Morgan fingerprint density at radius 3 is 2.56 bits per heavy atom. The SMILES string of the molecule is Cc1ccc(NC(=O)c2cccc(C(F)(F)F)c2)cc1NC(=O)c1ccnc2[nH]ccc12. The smallest absolute Gasteiger partial charge is 0.346 e. The Kier molecular flexibility index (Phi) is 5.40. The molecule has 0 radical (unpaired) electrons. The molecule has 6 nitrogen and oxygen atoms in total. The van der Waals surface area contributed by atoms with Crippen molar-refractivity contribution < 1.29 is 22.8 Å². The summed E-state index contributed by atoms with van der Waals surface area (Å²) in [5, 5.41) is 6.04. The molecule has 0 fully saturated rings. The molecule has 0 bridgehead atoms. The van der Waals surface area contributed by atoms with Crippen LogP contribution in [0, 0.1) is 6.92 Å². The summed E-state index contributed by atoms with van der Waals surface area (Å²) in [6.45, 7) is 1.78. The lowest BCUT2D eigenvalue weighted by atomic mass is 10.1. The average molecular weight is 438 g/mol. The number of anilines is 2. The molecular formula is C23H17F3N4O2. The van der Waals surface area contributed by atoms with Gasteiger partial charge in [0, 0.05) is 34.7 Å². The number of halogens is 3. The van der Waals surface area contributed by atoms with Crippen LogP contribution >= 0.6 is 0 Å². The first-order valence-corrected chi connectivity index (χ1v) is 9.55. The maximum atomic E-state index is 12.9. The topological polar surface area (TPSA) is 86.9 Å². The maximum Gasteiger partial charge on any atom is 0.416 e. The number of carbonyl (C=O) groups excluding carboxylic acids is 2. The van der Waals surface area contributed by atoms with E-state index in [2.05, 4.69) is 20.6 Å². The van der Waals surface area contributed by atoms with Crippen molar-refractivity contribution in [2.75, 3.05) is 10.6 Å². The van der Waals surface area contributed by atoms with E-state index in [0.29, 0.717) is 28.0 Å². The van der Waals surface area contributed by atoms with Crippen molar-refractivity contribution >= 4 is 34.2 Å². The molecule has 3 N–H and O–H groups in total. The number of carbonyl (C=O) groups is 2. The van der Waals surface area contributed by atoms with E-state index < -0.39 is 17.6 Å². The summed E-state index contributed by atoms with van der Waals surface area (Å²) >= 11 is 0. The minimum Gasteiger partial charge on any atom is -0.346 e. The number of amides is 2. The lowest BCUT2D eigenvalue weighted by Gasteiger charge is -2.13. The predicted octanol–water partition coefficient (Wildman–Crippen LogP) is 5.39. The number of H-pyrrole nitrogens is 1. The van der Waals surface area contributed by atoms with Crippen LogP contribution in [0.1, 0.15) is 31.8 Å². The van der Waals surface area contributed by atoms with Gasteiger partial charge in [-0.3, -0.25) is 9.59 Å². The fourth-order valence-corrected chi connectivity index (χ4v) is 3.22. The Bertz CT molecular complexity index is 1330. The zero-order valence-electron chi connectivity index (χ0n) is 16.7. The predicted molar refractivity (Wildman–Crippen MR) is 115 cm³/mol. The second-order valence-electron chi connectivity index (χ2n) is 7.11. The number of nitrogens with zero attached hydrogens (tertiary/aromatic N) is 1. The molecular weight excluding hydrogens is 421 g/mol. The third-order valence-electron chi connectivity index (χ3n) is 4.90. The quantitative estimate of drug-likeness (QED) is 0.399. The molecule has 2 aromatic heterocycles. The normalized spacial score (nSPS) is 11.4. The summed E-state index contributed by atoms with van der Waals surface area (Å²) in [4.78, 5) is 32.4. The summed E-state index contributed by atoms with van der Waals surface area (Å²) < 4.78 is 38.7. The molecule has 0 unspecified atom stereocenters. The van der Waals surface area contributed by atoms with E-state index >= 15 is 0 Å². The number of hydrogen-bond donors (Lipinski definition) is 3. The summed E-state index contributed by atoms with van der Waals surface area (Å²) in [5.74, 6) is -1.05. The van der Waals surface area contributed by atoms with Crippen molar-refractivity contribution in [3.8, 4) is 0 Å². The fourth-order valence-electron chi connectivity index (χ4n) is 3.22. The maximum absolute atomic E-state index is 12.9. The first-order chi connectivity index (χ1) is 15.2. The molecule has 4 aromatic rings. The molecule has 0 aliphatic carbocycles. The Morgan fingerprint density at radius 1 is 0.969 bits per heavy atom. The van der Waals surface area contributed by atoms with Crippen LogP contribution in [-0.2, 0) is 6.18 Å². The largest absolute Gasteiger partial charge is 0.416 e. The first kappa shape index (κ1) is 21.1. The monoisotopic (exact) mass is 438 g/mol. The molecule has 162 valence electrons. The van der Waals surface area contributed by atoms with Crippen LogP contribution in [0.4, 0.5) is 24.5 Å². The number of nitrogens with one attached hydrogen (secondary N) is 3. The highest BCUT2D eigenvalue weighted by Gasteiger charge is 2.30. The van der Waals surface area contributed by atoms with Crippen LogP contribution in [0.5, 0.6) is 0 Å². The molecule has 9 heteroatoms. The highest BCUT2D eigenvalue weighted by molar-refractivity contribution is 6.12. The molecule has 0 aliphatic rings. The molecule has 0 spiro atoms.